The normalized spacial score (nSPS) is 10.9. The largest absolute Gasteiger partial charge is 0.411 e. The Morgan fingerprint density at radius 2 is 2.05 bits per heavy atom. The van der Waals surface area contributed by atoms with Crippen molar-refractivity contribution in [2.45, 2.75) is 23.6 Å². The predicted octanol–water partition coefficient (Wildman–Crippen LogP) is 4.14. The molecule has 0 bridgehead atoms. The summed E-state index contributed by atoms with van der Waals surface area (Å²) in [5, 5.41) is 8.31. The minimum Gasteiger partial charge on any atom is -0.411 e. The van der Waals surface area contributed by atoms with Crippen LogP contribution in [0.25, 0.3) is 11.5 Å². The topological polar surface area (TPSA) is 64.7 Å². The van der Waals surface area contributed by atoms with Crippen LogP contribution in [-0.4, -0.2) is 20.2 Å². The second-order valence-electron chi connectivity index (χ2n) is 4.25. The summed E-state index contributed by atoms with van der Waals surface area (Å²) < 4.78 is 20.5. The van der Waals surface area contributed by atoms with E-state index in [0.29, 0.717) is 18.0 Å². The first-order chi connectivity index (χ1) is 10.7. The molecule has 5 nitrogen and oxygen atoms in total. The van der Waals surface area contributed by atoms with Gasteiger partial charge in [0.2, 0.25) is 5.89 Å². The zero-order valence-corrected chi connectivity index (χ0v) is 13.9. The van der Waals surface area contributed by atoms with Crippen LogP contribution in [0.5, 0.6) is 0 Å². The quantitative estimate of drug-likeness (QED) is 0.633. The third-order valence-electron chi connectivity index (χ3n) is 2.86. The van der Waals surface area contributed by atoms with Gasteiger partial charge in [-0.2, -0.15) is 0 Å². The van der Waals surface area contributed by atoms with Crippen LogP contribution in [0.1, 0.15) is 12.6 Å². The molecule has 0 amide bonds. The number of hydrogen-bond donors (Lipinski definition) is 0. The standard InChI is InChI=1S/C14H10BrFN4OS/c1-2-10-11(16)13(18-7-17-10)22-14-20-19-12(21-14)8-5-3-4-6-9(8)15/h3-7H,2H2,1H3. The molecule has 0 unspecified atom stereocenters. The molecule has 0 aliphatic heterocycles. The van der Waals surface area contributed by atoms with Crippen molar-refractivity contribution < 1.29 is 8.81 Å². The summed E-state index contributed by atoms with van der Waals surface area (Å²) in [4.78, 5) is 7.81. The van der Waals surface area contributed by atoms with Gasteiger partial charge in [0.05, 0.1) is 11.3 Å². The predicted molar refractivity (Wildman–Crippen MR) is 82.9 cm³/mol. The minimum absolute atomic E-state index is 0.175. The zero-order valence-electron chi connectivity index (χ0n) is 11.5. The summed E-state index contributed by atoms with van der Waals surface area (Å²) >= 11 is 4.41. The maximum atomic E-state index is 14.1. The fraction of sp³-hybridized carbons (Fsp3) is 0.143. The van der Waals surface area contributed by atoms with Crippen LogP contribution in [0, 0.1) is 5.82 Å². The van der Waals surface area contributed by atoms with Gasteiger partial charge >= 0.3 is 0 Å². The Morgan fingerprint density at radius 1 is 1.23 bits per heavy atom. The molecule has 0 N–H and O–H groups in total. The second kappa shape index (κ2) is 6.53. The third-order valence-corrected chi connectivity index (χ3v) is 4.37. The Balaban J connectivity index is 1.88. The summed E-state index contributed by atoms with van der Waals surface area (Å²) in [5.41, 5.74) is 1.14. The van der Waals surface area contributed by atoms with Crippen molar-refractivity contribution in [3.63, 3.8) is 0 Å². The van der Waals surface area contributed by atoms with Crippen molar-refractivity contribution in [2.24, 2.45) is 0 Å². The van der Waals surface area contributed by atoms with Gasteiger partial charge in [-0.1, -0.05) is 19.1 Å². The Kier molecular flexibility index (Phi) is 4.49. The molecule has 22 heavy (non-hydrogen) atoms. The number of aromatic nitrogens is 4. The van der Waals surface area contributed by atoms with Crippen LogP contribution in [0.2, 0.25) is 0 Å². The Labute approximate surface area is 138 Å². The van der Waals surface area contributed by atoms with Crippen LogP contribution in [-0.2, 0) is 6.42 Å². The lowest BCUT2D eigenvalue weighted by Crippen LogP contribution is -1.97. The smallest absolute Gasteiger partial charge is 0.283 e. The number of hydrogen-bond acceptors (Lipinski definition) is 6. The summed E-state index contributed by atoms with van der Waals surface area (Å²) in [6, 6.07) is 7.49. The van der Waals surface area contributed by atoms with Crippen LogP contribution in [0.4, 0.5) is 4.39 Å². The maximum Gasteiger partial charge on any atom is 0.283 e. The summed E-state index contributed by atoms with van der Waals surface area (Å²) in [6.45, 7) is 1.83. The molecule has 0 spiro atoms. The van der Waals surface area contributed by atoms with Crippen LogP contribution >= 0.6 is 27.7 Å². The molecule has 0 aliphatic carbocycles. The van der Waals surface area contributed by atoms with Gasteiger partial charge in [-0.15, -0.1) is 10.2 Å². The van der Waals surface area contributed by atoms with Crippen molar-refractivity contribution in [1.29, 1.82) is 0 Å². The second-order valence-corrected chi connectivity index (χ2v) is 6.04. The molecule has 0 radical (unpaired) electrons. The van der Waals surface area contributed by atoms with E-state index < -0.39 is 5.82 Å². The molecular formula is C14H10BrFN4OS. The highest BCUT2D eigenvalue weighted by Gasteiger charge is 2.16. The van der Waals surface area contributed by atoms with E-state index in [0.717, 1.165) is 21.8 Å². The van der Waals surface area contributed by atoms with Gasteiger partial charge in [-0.3, -0.25) is 0 Å². The van der Waals surface area contributed by atoms with Crippen molar-refractivity contribution in [3.05, 3.63) is 46.6 Å². The van der Waals surface area contributed by atoms with Gasteiger partial charge in [0.25, 0.3) is 5.22 Å². The van der Waals surface area contributed by atoms with E-state index in [9.17, 15) is 4.39 Å². The lowest BCUT2D eigenvalue weighted by atomic mass is 10.2. The van der Waals surface area contributed by atoms with E-state index in [4.69, 9.17) is 4.42 Å². The lowest BCUT2D eigenvalue weighted by Gasteiger charge is -2.01. The van der Waals surface area contributed by atoms with Gasteiger partial charge in [-0.25, -0.2) is 14.4 Å². The molecule has 3 rings (SSSR count). The molecule has 1 aromatic carbocycles. The van der Waals surface area contributed by atoms with E-state index in [1.54, 1.807) is 0 Å². The number of nitrogens with zero attached hydrogens (tertiary/aromatic N) is 4. The molecular weight excluding hydrogens is 371 g/mol. The Hall–Kier alpha value is -1.80. The third kappa shape index (κ3) is 3.02. The average Bonchev–Trinajstić information content (AvgIpc) is 2.98. The number of rotatable bonds is 4. The van der Waals surface area contributed by atoms with E-state index in [1.807, 2.05) is 31.2 Å². The Bertz CT molecular complexity index is 811. The monoisotopic (exact) mass is 380 g/mol. The van der Waals surface area contributed by atoms with E-state index >= 15 is 0 Å². The molecule has 0 saturated carbocycles. The van der Waals surface area contributed by atoms with Gasteiger partial charge < -0.3 is 4.42 Å². The van der Waals surface area contributed by atoms with Crippen LogP contribution in [0.15, 0.2) is 49.7 Å². The lowest BCUT2D eigenvalue weighted by molar-refractivity contribution is 0.464. The van der Waals surface area contributed by atoms with Crippen molar-refractivity contribution >= 4 is 27.7 Å². The van der Waals surface area contributed by atoms with E-state index in [1.165, 1.54) is 6.33 Å². The van der Waals surface area contributed by atoms with Gasteiger partial charge in [0, 0.05) is 4.47 Å². The highest BCUT2D eigenvalue weighted by Crippen LogP contribution is 2.32. The maximum absolute atomic E-state index is 14.1. The molecule has 0 fully saturated rings. The molecule has 2 heterocycles. The van der Waals surface area contributed by atoms with Crippen LogP contribution < -0.4 is 0 Å². The van der Waals surface area contributed by atoms with Crippen molar-refractivity contribution in [3.8, 4) is 11.5 Å². The van der Waals surface area contributed by atoms with E-state index in [2.05, 4.69) is 36.1 Å². The zero-order chi connectivity index (χ0) is 15.5. The van der Waals surface area contributed by atoms with Gasteiger partial charge in [0.1, 0.15) is 11.4 Å². The molecule has 8 heteroatoms. The summed E-state index contributed by atoms with van der Waals surface area (Å²) in [6.07, 6.45) is 1.82. The minimum atomic E-state index is -0.448. The van der Waals surface area contributed by atoms with E-state index in [-0.39, 0.29) is 10.2 Å². The molecule has 3 aromatic rings. The highest BCUT2D eigenvalue weighted by molar-refractivity contribution is 9.10. The molecule has 0 aliphatic rings. The van der Waals surface area contributed by atoms with Crippen molar-refractivity contribution in [1.82, 2.24) is 20.2 Å². The van der Waals surface area contributed by atoms with Gasteiger partial charge in [-0.05, 0) is 46.2 Å². The molecule has 0 saturated heterocycles. The SMILES string of the molecule is CCc1ncnc(Sc2nnc(-c3ccccc3Br)o2)c1F. The Morgan fingerprint density at radius 3 is 2.82 bits per heavy atom. The first-order valence-electron chi connectivity index (χ1n) is 6.44. The van der Waals surface area contributed by atoms with Gasteiger partial charge in [0.15, 0.2) is 5.82 Å². The fourth-order valence-electron chi connectivity index (χ4n) is 1.78. The van der Waals surface area contributed by atoms with Crippen LogP contribution in [0.3, 0.4) is 0 Å². The molecule has 112 valence electrons. The first-order valence-corrected chi connectivity index (χ1v) is 8.05. The molecule has 0 atom stereocenters. The number of aryl methyl sites for hydroxylation is 1. The number of benzene rings is 1. The first kappa shape index (κ1) is 15.1. The summed E-state index contributed by atoms with van der Waals surface area (Å²) in [5.74, 6) is -0.0872. The highest BCUT2D eigenvalue weighted by atomic mass is 79.9. The molecule has 2 aromatic heterocycles. The van der Waals surface area contributed by atoms with Crippen molar-refractivity contribution in [2.75, 3.05) is 0 Å². The summed E-state index contributed by atoms with van der Waals surface area (Å²) in [7, 11) is 0. The number of halogens is 2. The fourth-order valence-corrected chi connectivity index (χ4v) is 2.91. The average molecular weight is 381 g/mol.